The molecule has 1 unspecified atom stereocenters. The first-order valence-corrected chi connectivity index (χ1v) is 4.69. The summed E-state index contributed by atoms with van der Waals surface area (Å²) >= 11 is 0. The van der Waals surface area contributed by atoms with Gasteiger partial charge in [-0.1, -0.05) is 12.1 Å². The van der Waals surface area contributed by atoms with Crippen LogP contribution in [-0.4, -0.2) is 14.7 Å². The summed E-state index contributed by atoms with van der Waals surface area (Å²) in [5.41, 5.74) is 0.172. The van der Waals surface area contributed by atoms with Crippen LogP contribution in [0.5, 0.6) is 0 Å². The molecular formula is C11H10F2N2O. The molecule has 0 aliphatic carbocycles. The molecule has 0 amide bonds. The molecule has 1 aromatic heterocycles. The zero-order valence-electron chi connectivity index (χ0n) is 8.56. The van der Waals surface area contributed by atoms with Gasteiger partial charge in [-0.2, -0.15) is 0 Å². The average Bonchev–Trinajstić information content (AvgIpc) is 2.68. The molecule has 0 saturated carbocycles. The number of imidazole rings is 1. The Morgan fingerprint density at radius 2 is 2.12 bits per heavy atom. The number of hydrogen-bond acceptors (Lipinski definition) is 2. The Hall–Kier alpha value is -1.75. The fourth-order valence-electron chi connectivity index (χ4n) is 1.47. The molecule has 5 heteroatoms. The van der Waals surface area contributed by atoms with Crippen LogP contribution in [0.2, 0.25) is 0 Å². The summed E-state index contributed by atoms with van der Waals surface area (Å²) in [7, 11) is 1.73. The highest BCUT2D eigenvalue weighted by Crippen LogP contribution is 2.24. The van der Waals surface area contributed by atoms with Crippen LogP contribution in [0.4, 0.5) is 8.78 Å². The summed E-state index contributed by atoms with van der Waals surface area (Å²) in [6.45, 7) is 0. The van der Waals surface area contributed by atoms with Crippen LogP contribution in [0.25, 0.3) is 0 Å². The number of halogens is 2. The SMILES string of the molecule is Cn1cnc(C(O)c2cccc(F)c2F)c1. The maximum atomic E-state index is 13.4. The first kappa shape index (κ1) is 10.8. The molecule has 16 heavy (non-hydrogen) atoms. The predicted molar refractivity (Wildman–Crippen MR) is 53.6 cm³/mol. The summed E-state index contributed by atoms with van der Waals surface area (Å²) < 4.78 is 27.9. The van der Waals surface area contributed by atoms with Crippen LogP contribution in [-0.2, 0) is 7.05 Å². The molecule has 1 heterocycles. The van der Waals surface area contributed by atoms with Crippen molar-refractivity contribution in [3.63, 3.8) is 0 Å². The van der Waals surface area contributed by atoms with Crippen LogP contribution in [0.3, 0.4) is 0 Å². The van der Waals surface area contributed by atoms with Gasteiger partial charge in [-0.3, -0.25) is 0 Å². The molecule has 0 fully saturated rings. The second-order valence-corrected chi connectivity index (χ2v) is 3.51. The van der Waals surface area contributed by atoms with E-state index in [1.165, 1.54) is 18.5 Å². The quantitative estimate of drug-likeness (QED) is 0.844. The molecule has 0 radical (unpaired) electrons. The highest BCUT2D eigenvalue weighted by molar-refractivity contribution is 5.26. The van der Waals surface area contributed by atoms with Crippen molar-refractivity contribution >= 4 is 0 Å². The molecule has 1 atom stereocenters. The van der Waals surface area contributed by atoms with Gasteiger partial charge in [0.05, 0.1) is 12.0 Å². The summed E-state index contributed by atoms with van der Waals surface area (Å²) in [4.78, 5) is 3.89. The predicted octanol–water partition coefficient (Wildman–Crippen LogP) is 1.78. The minimum atomic E-state index is -1.25. The lowest BCUT2D eigenvalue weighted by Crippen LogP contribution is -2.04. The van der Waals surface area contributed by atoms with Crippen molar-refractivity contribution in [2.24, 2.45) is 7.05 Å². The number of rotatable bonds is 2. The van der Waals surface area contributed by atoms with Crippen molar-refractivity contribution in [1.29, 1.82) is 0 Å². The number of aryl methyl sites for hydroxylation is 1. The van der Waals surface area contributed by atoms with Crippen LogP contribution < -0.4 is 0 Å². The van der Waals surface area contributed by atoms with Crippen molar-refractivity contribution in [3.8, 4) is 0 Å². The maximum absolute atomic E-state index is 13.4. The van der Waals surface area contributed by atoms with Crippen molar-refractivity contribution in [3.05, 3.63) is 53.6 Å². The Labute approximate surface area is 91.0 Å². The third kappa shape index (κ3) is 1.81. The van der Waals surface area contributed by atoms with E-state index in [0.717, 1.165) is 6.07 Å². The van der Waals surface area contributed by atoms with Crippen LogP contribution >= 0.6 is 0 Å². The van der Waals surface area contributed by atoms with Gasteiger partial charge in [0.2, 0.25) is 0 Å². The highest BCUT2D eigenvalue weighted by Gasteiger charge is 2.19. The Morgan fingerprint density at radius 3 is 2.75 bits per heavy atom. The lowest BCUT2D eigenvalue weighted by atomic mass is 10.1. The summed E-state index contributed by atoms with van der Waals surface area (Å²) in [5, 5.41) is 9.83. The van der Waals surface area contributed by atoms with Gasteiger partial charge in [-0.25, -0.2) is 13.8 Å². The molecule has 2 aromatic rings. The van der Waals surface area contributed by atoms with Crippen LogP contribution in [0.15, 0.2) is 30.7 Å². The van der Waals surface area contributed by atoms with E-state index >= 15 is 0 Å². The molecule has 0 bridgehead atoms. The molecular weight excluding hydrogens is 214 g/mol. The zero-order valence-corrected chi connectivity index (χ0v) is 8.56. The van der Waals surface area contributed by atoms with Gasteiger partial charge >= 0.3 is 0 Å². The molecule has 2 rings (SSSR count). The van der Waals surface area contributed by atoms with Gasteiger partial charge in [0.25, 0.3) is 0 Å². The summed E-state index contributed by atoms with van der Waals surface area (Å²) in [6.07, 6.45) is 1.78. The molecule has 1 aromatic carbocycles. The van der Waals surface area contributed by atoms with E-state index in [1.807, 2.05) is 0 Å². The van der Waals surface area contributed by atoms with E-state index in [0.29, 0.717) is 0 Å². The average molecular weight is 224 g/mol. The van der Waals surface area contributed by atoms with E-state index in [4.69, 9.17) is 0 Å². The van der Waals surface area contributed by atoms with E-state index < -0.39 is 17.7 Å². The molecule has 0 aliphatic rings. The zero-order chi connectivity index (χ0) is 11.7. The van der Waals surface area contributed by atoms with E-state index in [9.17, 15) is 13.9 Å². The van der Waals surface area contributed by atoms with Gasteiger partial charge in [-0.15, -0.1) is 0 Å². The number of aliphatic hydroxyl groups excluding tert-OH is 1. The van der Waals surface area contributed by atoms with Crippen LogP contribution in [0.1, 0.15) is 17.4 Å². The molecule has 1 N–H and O–H groups in total. The standard InChI is InChI=1S/C11H10F2N2O/c1-15-5-9(14-6-15)11(16)7-3-2-4-8(12)10(7)13/h2-6,11,16H,1H3. The van der Waals surface area contributed by atoms with Crippen molar-refractivity contribution < 1.29 is 13.9 Å². The van der Waals surface area contributed by atoms with Crippen molar-refractivity contribution in [2.75, 3.05) is 0 Å². The summed E-state index contributed by atoms with van der Waals surface area (Å²) in [5.74, 6) is -2.02. The minimum absolute atomic E-state index is 0.112. The topological polar surface area (TPSA) is 38.0 Å². The molecule has 0 aliphatic heterocycles. The number of aliphatic hydroxyl groups is 1. The van der Waals surface area contributed by atoms with Crippen molar-refractivity contribution in [2.45, 2.75) is 6.10 Å². The first-order chi connectivity index (χ1) is 7.59. The number of benzene rings is 1. The smallest absolute Gasteiger partial charge is 0.165 e. The Balaban J connectivity index is 2.41. The lowest BCUT2D eigenvalue weighted by molar-refractivity contribution is 0.209. The number of nitrogens with zero attached hydrogens (tertiary/aromatic N) is 2. The van der Waals surface area contributed by atoms with Crippen LogP contribution in [0, 0.1) is 11.6 Å². The van der Waals surface area contributed by atoms with Gasteiger partial charge in [0.1, 0.15) is 6.10 Å². The normalized spacial score (nSPS) is 12.8. The largest absolute Gasteiger partial charge is 0.382 e. The Bertz CT molecular complexity index is 510. The number of hydrogen-bond donors (Lipinski definition) is 1. The lowest BCUT2D eigenvalue weighted by Gasteiger charge is -2.09. The second kappa shape index (κ2) is 4.02. The molecule has 3 nitrogen and oxygen atoms in total. The summed E-state index contributed by atoms with van der Waals surface area (Å²) in [6, 6.07) is 3.68. The molecule has 0 saturated heterocycles. The monoisotopic (exact) mass is 224 g/mol. The van der Waals surface area contributed by atoms with E-state index in [1.54, 1.807) is 17.8 Å². The van der Waals surface area contributed by atoms with Gasteiger partial charge < -0.3 is 9.67 Å². The van der Waals surface area contributed by atoms with Gasteiger partial charge in [0, 0.05) is 18.8 Å². The third-order valence-corrected chi connectivity index (χ3v) is 2.28. The highest BCUT2D eigenvalue weighted by atomic mass is 19.2. The first-order valence-electron chi connectivity index (χ1n) is 4.69. The fraction of sp³-hybridized carbons (Fsp3) is 0.182. The third-order valence-electron chi connectivity index (χ3n) is 2.28. The molecule has 0 spiro atoms. The van der Waals surface area contributed by atoms with E-state index in [-0.39, 0.29) is 11.3 Å². The van der Waals surface area contributed by atoms with E-state index in [2.05, 4.69) is 4.98 Å². The molecule has 84 valence electrons. The van der Waals surface area contributed by atoms with Gasteiger partial charge in [0.15, 0.2) is 11.6 Å². The second-order valence-electron chi connectivity index (χ2n) is 3.51. The van der Waals surface area contributed by atoms with Crippen molar-refractivity contribution in [1.82, 2.24) is 9.55 Å². The number of aromatic nitrogens is 2. The Kier molecular flexibility index (Phi) is 2.70. The minimum Gasteiger partial charge on any atom is -0.382 e. The fourth-order valence-corrected chi connectivity index (χ4v) is 1.47. The Morgan fingerprint density at radius 1 is 1.38 bits per heavy atom. The van der Waals surface area contributed by atoms with Gasteiger partial charge in [-0.05, 0) is 6.07 Å². The maximum Gasteiger partial charge on any atom is 0.165 e.